The molecule has 4 amide bonds. The number of phenolic OH excluding ortho intramolecular Hbond substituents is 1. The van der Waals surface area contributed by atoms with Crippen molar-refractivity contribution in [1.82, 2.24) is 0 Å². The van der Waals surface area contributed by atoms with E-state index in [9.17, 15) is 109 Å². The number of carbonyl (C=O) groups is 8. The molecule has 41 heteroatoms. The normalized spacial score (nSPS) is 13.0. The van der Waals surface area contributed by atoms with Crippen LogP contribution >= 0.6 is 0 Å². The molecule has 3 atom stereocenters. The summed E-state index contributed by atoms with van der Waals surface area (Å²) in [7, 11) is 10.1. The summed E-state index contributed by atoms with van der Waals surface area (Å²) in [5.74, 6) is 0.0324. The number of hydrogen-bond acceptors (Lipinski definition) is 31. The van der Waals surface area contributed by atoms with Crippen LogP contribution in [0.1, 0.15) is 123 Å². The number of carbonyl (C=O) groups excluding carboxylic acids is 7. The topological polar surface area (TPSA) is 575 Å². The van der Waals surface area contributed by atoms with Crippen LogP contribution in [0.4, 0.5) is 61.7 Å². The van der Waals surface area contributed by atoms with Gasteiger partial charge in [0.2, 0.25) is 0 Å². The molecule has 3 aliphatic heterocycles. The van der Waals surface area contributed by atoms with Crippen molar-refractivity contribution in [3.05, 3.63) is 310 Å². The number of anilines is 5. The molecule has 0 spiro atoms. The van der Waals surface area contributed by atoms with E-state index in [-0.39, 0.29) is 112 Å². The van der Waals surface area contributed by atoms with Crippen molar-refractivity contribution in [2.24, 2.45) is 0 Å². The molecule has 0 saturated heterocycles. The number of nitro groups is 5. The number of fused-ring (bicyclic) bond motifs is 3. The van der Waals surface area contributed by atoms with Crippen LogP contribution in [0, 0.1) is 92.1 Å². The Morgan fingerprint density at radius 2 is 0.694 bits per heavy atom. The largest absolute Gasteiger partial charge is 0.504 e. The number of rotatable bonds is 25. The lowest BCUT2D eigenvalue weighted by Crippen LogP contribution is -2.40. The Bertz CT molecular complexity index is 5960. The minimum atomic E-state index is -1.35. The standard InChI is InChI=1S/C22H24N2O5.C18H18N2O5.C18H20N2O3.C9H9NO5.2C9H9NO4.C8H7NO5/c1-4-9-29-22(27)23-18-10-14(2)20(28-3)12-17(18)21(26)24-16(13-25)11-15-7-5-6-8-19(15)24;1-11-7-16(20(23)24)14(9-17(11)25-2)18(22)19-13(10-21)8-12-5-3-4-6-15(12)19;1-11-7-15(19)14(9-17(11)23-2)18(22)20-13(10-21)8-12-5-3-4-6-16(12)20;1-5-3-7(10(13)14)6(9(11)12)4-8(5)15-2;2*1-6-3-8(10(12)13)7(5-11)4-9(6)14-2;1-14-8-2-5(4-10)6(9(12)13)3-7(8)11/h4-8,10,12,16,25H,1,9,11,13H2,2-3H3,(H,23,27);3-7,9,13,21H,8,10H2,1-2H3;3-7,9,13,21H,8,10,19H2,1-2H3;3-4H,1-2H3,(H,11,12);2*3-5H,1-2H3;2-4,11H,1H3/t16-;2*13-;;;;/m000..../s1. The first kappa shape index (κ1) is 104. The molecule has 134 heavy (non-hydrogen) atoms. The number of benzene rings is 10. The monoisotopic (exact) mass is 1850 g/mol. The van der Waals surface area contributed by atoms with E-state index in [0.717, 1.165) is 57.4 Å². The zero-order valence-corrected chi connectivity index (χ0v) is 74.7. The number of aromatic carboxylic acids is 1. The van der Waals surface area contributed by atoms with E-state index in [1.807, 2.05) is 74.5 Å². The number of phenols is 1. The third-order valence-corrected chi connectivity index (χ3v) is 20.9. The van der Waals surface area contributed by atoms with Crippen molar-refractivity contribution in [3.8, 4) is 46.0 Å². The van der Waals surface area contributed by atoms with Crippen LogP contribution in [0.15, 0.2) is 170 Å². The number of nitrogens with two attached hydrogens (primary N) is 1. The average Bonchev–Trinajstić information content (AvgIpc) is 1.65. The number of nitrogens with zero attached hydrogens (tertiary/aromatic N) is 8. The molecule has 0 saturated carbocycles. The first-order valence-corrected chi connectivity index (χ1v) is 40.0. The number of carboxylic acid groups (broad SMARTS) is 1. The zero-order valence-electron chi connectivity index (χ0n) is 74.7. The highest BCUT2D eigenvalue weighted by atomic mass is 16.6. The average molecular weight is 1850 g/mol. The lowest BCUT2D eigenvalue weighted by Gasteiger charge is -2.26. The number of carboxylic acids is 1. The summed E-state index contributed by atoms with van der Waals surface area (Å²) < 4.78 is 40.3. The summed E-state index contributed by atoms with van der Waals surface area (Å²) in [6.45, 7) is 13.4. The fraction of sp³-hybridized carbons (Fsp3) is 0.247. The second-order valence-electron chi connectivity index (χ2n) is 29.3. The van der Waals surface area contributed by atoms with Crippen molar-refractivity contribution in [3.63, 3.8) is 0 Å². The summed E-state index contributed by atoms with van der Waals surface area (Å²) >= 11 is 0. The van der Waals surface area contributed by atoms with Gasteiger partial charge in [-0.1, -0.05) is 67.3 Å². The van der Waals surface area contributed by atoms with E-state index in [1.165, 1.54) is 96.1 Å². The van der Waals surface area contributed by atoms with E-state index < -0.39 is 60.0 Å². The van der Waals surface area contributed by atoms with Gasteiger partial charge in [-0.2, -0.15) is 0 Å². The Morgan fingerprint density at radius 3 is 1.03 bits per heavy atom. The molecule has 0 radical (unpaired) electrons. The number of nitrogens with one attached hydrogen (secondary N) is 1. The Balaban J connectivity index is 0.000000218. The van der Waals surface area contributed by atoms with Gasteiger partial charge in [0, 0.05) is 65.2 Å². The van der Waals surface area contributed by atoms with E-state index in [0.29, 0.717) is 117 Å². The Kier molecular flexibility index (Phi) is 37.3. The Hall–Kier alpha value is -16.8. The number of aromatic hydroxyl groups is 1. The third-order valence-electron chi connectivity index (χ3n) is 20.9. The number of nitro benzene ring substituents is 5. The molecule has 0 aliphatic carbocycles. The molecular weight excluding hydrogens is 1750 g/mol. The molecule has 8 N–H and O–H groups in total. The minimum Gasteiger partial charge on any atom is -0.504 e. The van der Waals surface area contributed by atoms with Crippen molar-refractivity contribution in [1.29, 1.82) is 0 Å². The molecule has 704 valence electrons. The molecule has 3 heterocycles. The van der Waals surface area contributed by atoms with Gasteiger partial charge in [-0.05, 0) is 165 Å². The number of aldehydes is 3. The summed E-state index contributed by atoms with van der Waals surface area (Å²) in [5.41, 5.74) is 14.6. The highest BCUT2D eigenvalue weighted by Crippen LogP contribution is 2.42. The van der Waals surface area contributed by atoms with Gasteiger partial charge in [0.25, 0.3) is 46.2 Å². The number of ether oxygens (including phenoxy) is 8. The zero-order chi connectivity index (χ0) is 99.4. The van der Waals surface area contributed by atoms with Crippen molar-refractivity contribution >= 4 is 106 Å². The van der Waals surface area contributed by atoms with Crippen molar-refractivity contribution in [2.75, 3.05) is 102 Å². The molecular formula is C93H96N10O31. The van der Waals surface area contributed by atoms with E-state index in [2.05, 4.69) is 11.9 Å². The summed E-state index contributed by atoms with van der Waals surface area (Å²) in [4.78, 5) is 149. The maximum absolute atomic E-state index is 13.5. The Morgan fingerprint density at radius 1 is 0.410 bits per heavy atom. The van der Waals surface area contributed by atoms with Crippen LogP contribution in [0.5, 0.6) is 46.0 Å². The summed E-state index contributed by atoms with van der Waals surface area (Å²) in [5, 5.41) is 103. The Labute approximate surface area is 765 Å². The quantitative estimate of drug-likeness (QED) is 0.00918. The van der Waals surface area contributed by atoms with Gasteiger partial charge >= 0.3 is 12.1 Å². The number of aryl methyl sites for hydroxylation is 6. The van der Waals surface area contributed by atoms with Crippen LogP contribution in [0.25, 0.3) is 0 Å². The minimum absolute atomic E-state index is 0.0254. The third kappa shape index (κ3) is 24.8. The first-order chi connectivity index (χ1) is 63.8. The maximum Gasteiger partial charge on any atom is 0.411 e. The van der Waals surface area contributed by atoms with E-state index in [4.69, 9.17) is 48.7 Å². The van der Waals surface area contributed by atoms with E-state index in [1.54, 1.807) is 81.0 Å². The molecule has 0 unspecified atom stereocenters. The number of para-hydroxylation sites is 3. The fourth-order valence-corrected chi connectivity index (χ4v) is 14.4. The maximum atomic E-state index is 13.5. The highest BCUT2D eigenvalue weighted by molar-refractivity contribution is 6.14. The molecule has 10 aromatic carbocycles. The van der Waals surface area contributed by atoms with E-state index >= 15 is 0 Å². The van der Waals surface area contributed by atoms with Gasteiger partial charge in [0.15, 0.2) is 30.4 Å². The van der Waals surface area contributed by atoms with Crippen LogP contribution in [0.2, 0.25) is 0 Å². The molecule has 13 rings (SSSR count). The van der Waals surface area contributed by atoms with Gasteiger partial charge in [-0.25, -0.2) is 9.59 Å². The highest BCUT2D eigenvalue weighted by Gasteiger charge is 2.40. The number of aliphatic hydroxyl groups is 3. The van der Waals surface area contributed by atoms with Gasteiger partial charge in [-0.15, -0.1) is 0 Å². The molecule has 10 aromatic rings. The second-order valence-corrected chi connectivity index (χ2v) is 29.3. The predicted molar refractivity (Wildman–Crippen MR) is 491 cm³/mol. The second kappa shape index (κ2) is 48.0. The number of nitrogen functional groups attached to an aromatic ring is 1. The predicted octanol–water partition coefficient (Wildman–Crippen LogP) is 14.1. The number of amides is 4. The van der Waals surface area contributed by atoms with Gasteiger partial charge in [0.05, 0.1) is 152 Å². The number of hydrogen-bond donors (Lipinski definition) is 7. The molecule has 0 bridgehead atoms. The summed E-state index contributed by atoms with van der Waals surface area (Å²) in [6, 6.07) is 40.5. The first-order valence-electron chi connectivity index (χ1n) is 40.0. The lowest BCUT2D eigenvalue weighted by molar-refractivity contribution is -0.385. The molecule has 41 nitrogen and oxygen atoms in total. The molecule has 3 aliphatic rings. The van der Waals surface area contributed by atoms with Crippen LogP contribution in [-0.4, -0.2) is 193 Å². The molecule has 0 aromatic heterocycles. The van der Waals surface area contributed by atoms with Crippen LogP contribution in [-0.2, 0) is 24.0 Å². The summed E-state index contributed by atoms with van der Waals surface area (Å²) in [6.07, 6.45) is 3.70. The van der Waals surface area contributed by atoms with Crippen molar-refractivity contribution < 1.29 is 126 Å². The van der Waals surface area contributed by atoms with Crippen molar-refractivity contribution in [2.45, 2.75) is 78.9 Å². The van der Waals surface area contributed by atoms with Crippen LogP contribution in [0.3, 0.4) is 0 Å². The van der Waals surface area contributed by atoms with Gasteiger partial charge in [-0.3, -0.25) is 84.7 Å². The van der Waals surface area contributed by atoms with Gasteiger partial charge < -0.3 is 83.9 Å². The van der Waals surface area contributed by atoms with Crippen LogP contribution < -0.4 is 58.9 Å². The number of aliphatic hydroxyl groups excluding tert-OH is 3. The molecule has 0 fully saturated rings. The van der Waals surface area contributed by atoms with Gasteiger partial charge in [0.1, 0.15) is 52.2 Å². The SMILES string of the molecule is C=CCOC(=O)Nc1cc(C)c(OC)cc1C(=O)N1c2ccccc2C[C@H]1CO.COc1cc(C(=O)N2c3ccccc3C[C@H]2CO)c(N)cc1C.COc1cc(C(=O)N2c3ccccc3C[C@H]2CO)c([N+](=O)[O-])cc1C.COc1cc(C(=O)O)c([N+](=O)[O-])cc1C.COc1cc(C=O)c([N+](=O)[O-])cc1C.COc1cc(C=O)c([N+](=O)[O-])cc1C.COc1cc(C=O)c([N+](=O)[O-])cc1O. The lowest BCUT2D eigenvalue weighted by atomic mass is 10.1. The smallest absolute Gasteiger partial charge is 0.411 e. The fourth-order valence-electron chi connectivity index (χ4n) is 14.4. The number of methoxy groups -OCH3 is 7.